The number of aromatic nitrogens is 3. The highest BCUT2D eigenvalue weighted by Gasteiger charge is 2.16. The summed E-state index contributed by atoms with van der Waals surface area (Å²) >= 11 is 4.73. The zero-order valence-corrected chi connectivity index (χ0v) is 13.2. The molecule has 106 valence electrons. The maximum absolute atomic E-state index is 12.0. The first-order valence-corrected chi connectivity index (χ1v) is 7.63. The van der Waals surface area contributed by atoms with Crippen LogP contribution in [0.3, 0.4) is 0 Å². The average Bonchev–Trinajstić information content (AvgIpc) is 3.09. The van der Waals surface area contributed by atoms with E-state index in [0.29, 0.717) is 10.8 Å². The van der Waals surface area contributed by atoms with Crippen LogP contribution in [0.15, 0.2) is 38.7 Å². The third-order valence-electron chi connectivity index (χ3n) is 2.73. The predicted molar refractivity (Wildman–Crippen MR) is 82.2 cm³/mol. The van der Waals surface area contributed by atoms with Gasteiger partial charge < -0.3 is 0 Å². The number of aryl methyl sites for hydroxylation is 1. The summed E-state index contributed by atoms with van der Waals surface area (Å²) in [5.74, 6) is -0.384. The maximum atomic E-state index is 12.0. The van der Waals surface area contributed by atoms with Crippen LogP contribution in [-0.2, 0) is 0 Å². The standard InChI is InChI=1S/C13H9BrN4O2S/c1-7-11(18-20-17-7)12(19)16-13-15-10(6-21-13)8-2-4-9(14)5-3-8/h2-6H,1H3,(H,15,16,19). The molecule has 0 saturated carbocycles. The molecule has 1 aromatic carbocycles. The second-order valence-corrected chi connectivity index (χ2v) is 5.97. The van der Waals surface area contributed by atoms with Gasteiger partial charge in [-0.25, -0.2) is 9.61 Å². The van der Waals surface area contributed by atoms with Gasteiger partial charge in [0.05, 0.1) is 5.69 Å². The van der Waals surface area contributed by atoms with Crippen molar-refractivity contribution in [2.75, 3.05) is 5.32 Å². The van der Waals surface area contributed by atoms with Crippen molar-refractivity contribution in [1.82, 2.24) is 15.3 Å². The Kier molecular flexibility index (Phi) is 3.80. The van der Waals surface area contributed by atoms with Gasteiger partial charge in [-0.05, 0) is 24.2 Å². The first kappa shape index (κ1) is 13.9. The number of carbonyl (C=O) groups excluding carboxylic acids is 1. The fourth-order valence-electron chi connectivity index (χ4n) is 1.68. The van der Waals surface area contributed by atoms with Crippen LogP contribution in [0.4, 0.5) is 5.13 Å². The Balaban J connectivity index is 1.78. The van der Waals surface area contributed by atoms with E-state index < -0.39 is 0 Å². The third kappa shape index (κ3) is 3.01. The lowest BCUT2D eigenvalue weighted by Gasteiger charge is -1.98. The minimum Gasteiger partial charge on any atom is -0.296 e. The van der Waals surface area contributed by atoms with E-state index >= 15 is 0 Å². The lowest BCUT2D eigenvalue weighted by molar-refractivity contribution is 0.101. The van der Waals surface area contributed by atoms with Crippen molar-refractivity contribution >= 4 is 38.3 Å². The molecule has 0 aliphatic rings. The molecule has 1 amide bonds. The normalized spacial score (nSPS) is 10.6. The van der Waals surface area contributed by atoms with Gasteiger partial charge in [0, 0.05) is 15.4 Å². The van der Waals surface area contributed by atoms with Crippen LogP contribution < -0.4 is 5.32 Å². The molecule has 6 nitrogen and oxygen atoms in total. The number of hydrogen-bond acceptors (Lipinski definition) is 6. The summed E-state index contributed by atoms with van der Waals surface area (Å²) in [6.45, 7) is 1.65. The molecule has 0 fully saturated rings. The lowest BCUT2D eigenvalue weighted by Crippen LogP contribution is -2.13. The van der Waals surface area contributed by atoms with Crippen molar-refractivity contribution in [3.63, 3.8) is 0 Å². The molecule has 21 heavy (non-hydrogen) atoms. The molecule has 0 bridgehead atoms. The molecule has 0 radical (unpaired) electrons. The zero-order chi connectivity index (χ0) is 14.8. The predicted octanol–water partition coefficient (Wildman–Crippen LogP) is 3.52. The van der Waals surface area contributed by atoms with Crippen LogP contribution >= 0.6 is 27.3 Å². The van der Waals surface area contributed by atoms with E-state index in [0.717, 1.165) is 15.7 Å². The quantitative estimate of drug-likeness (QED) is 0.768. The molecule has 0 saturated heterocycles. The largest absolute Gasteiger partial charge is 0.296 e. The number of carbonyl (C=O) groups is 1. The average molecular weight is 365 g/mol. The van der Waals surface area contributed by atoms with E-state index in [2.05, 4.69) is 41.2 Å². The molecule has 0 aliphatic heterocycles. The van der Waals surface area contributed by atoms with Gasteiger partial charge in [-0.15, -0.1) is 11.3 Å². The third-order valence-corrected chi connectivity index (χ3v) is 4.02. The smallest absolute Gasteiger partial charge is 0.281 e. The Morgan fingerprint density at radius 1 is 1.29 bits per heavy atom. The number of nitrogens with one attached hydrogen (secondary N) is 1. The Bertz CT molecular complexity index is 782. The molecule has 8 heteroatoms. The van der Waals surface area contributed by atoms with E-state index in [1.54, 1.807) is 6.92 Å². The molecular formula is C13H9BrN4O2S. The topological polar surface area (TPSA) is 80.9 Å². The fourth-order valence-corrected chi connectivity index (χ4v) is 2.66. The van der Waals surface area contributed by atoms with E-state index in [-0.39, 0.29) is 11.6 Å². The second-order valence-electron chi connectivity index (χ2n) is 4.20. The highest BCUT2D eigenvalue weighted by Crippen LogP contribution is 2.26. The van der Waals surface area contributed by atoms with Crippen molar-refractivity contribution in [3.8, 4) is 11.3 Å². The highest BCUT2D eigenvalue weighted by atomic mass is 79.9. The van der Waals surface area contributed by atoms with Crippen LogP contribution in [0.25, 0.3) is 11.3 Å². The van der Waals surface area contributed by atoms with Gasteiger partial charge in [0.15, 0.2) is 10.8 Å². The van der Waals surface area contributed by atoms with E-state index in [1.807, 2.05) is 29.6 Å². The molecule has 1 N–H and O–H groups in total. The fraction of sp³-hybridized carbons (Fsp3) is 0.0769. The highest BCUT2D eigenvalue weighted by molar-refractivity contribution is 9.10. The zero-order valence-electron chi connectivity index (χ0n) is 10.8. The molecule has 2 heterocycles. The minimum atomic E-state index is -0.384. The van der Waals surface area contributed by atoms with Crippen molar-refractivity contribution < 1.29 is 9.42 Å². The van der Waals surface area contributed by atoms with Gasteiger partial charge in [-0.2, -0.15) is 0 Å². The summed E-state index contributed by atoms with van der Waals surface area (Å²) in [5.41, 5.74) is 2.39. The van der Waals surface area contributed by atoms with E-state index in [4.69, 9.17) is 0 Å². The van der Waals surface area contributed by atoms with Gasteiger partial charge >= 0.3 is 0 Å². The summed E-state index contributed by atoms with van der Waals surface area (Å²) in [6.07, 6.45) is 0. The summed E-state index contributed by atoms with van der Waals surface area (Å²) in [5, 5.41) is 12.2. The maximum Gasteiger partial charge on any atom is 0.281 e. The van der Waals surface area contributed by atoms with Crippen LogP contribution in [0, 0.1) is 6.92 Å². The van der Waals surface area contributed by atoms with E-state index in [1.165, 1.54) is 11.3 Å². The van der Waals surface area contributed by atoms with Gasteiger partial charge in [0.1, 0.15) is 5.69 Å². The van der Waals surface area contributed by atoms with Crippen LogP contribution in [-0.4, -0.2) is 21.2 Å². The number of rotatable bonds is 3. The van der Waals surface area contributed by atoms with Crippen LogP contribution in [0.5, 0.6) is 0 Å². The van der Waals surface area contributed by atoms with Gasteiger partial charge in [-0.3, -0.25) is 10.1 Å². The number of halogens is 1. The number of benzene rings is 1. The van der Waals surface area contributed by atoms with Gasteiger partial charge in [-0.1, -0.05) is 33.2 Å². The first-order valence-electron chi connectivity index (χ1n) is 5.95. The number of thiazole rings is 1. The molecule has 0 aliphatic carbocycles. The Morgan fingerprint density at radius 2 is 2.05 bits per heavy atom. The summed E-state index contributed by atoms with van der Waals surface area (Å²) in [7, 11) is 0. The minimum absolute atomic E-state index is 0.162. The number of amides is 1. The van der Waals surface area contributed by atoms with Crippen molar-refractivity contribution in [1.29, 1.82) is 0 Å². The molecule has 2 aromatic heterocycles. The van der Waals surface area contributed by atoms with Gasteiger partial charge in [0.2, 0.25) is 0 Å². The summed E-state index contributed by atoms with van der Waals surface area (Å²) in [6, 6.07) is 7.79. The van der Waals surface area contributed by atoms with E-state index in [9.17, 15) is 4.79 Å². The molecule has 0 unspecified atom stereocenters. The monoisotopic (exact) mass is 364 g/mol. The van der Waals surface area contributed by atoms with Gasteiger partial charge in [0.25, 0.3) is 5.91 Å². The van der Waals surface area contributed by atoms with Crippen LogP contribution in [0.1, 0.15) is 16.2 Å². The van der Waals surface area contributed by atoms with Crippen molar-refractivity contribution in [2.24, 2.45) is 0 Å². The van der Waals surface area contributed by atoms with Crippen molar-refractivity contribution in [3.05, 3.63) is 45.5 Å². The summed E-state index contributed by atoms with van der Waals surface area (Å²) < 4.78 is 5.51. The Labute approximate surface area is 132 Å². The number of hydrogen-bond donors (Lipinski definition) is 1. The first-order chi connectivity index (χ1) is 10.1. The Hall–Kier alpha value is -2.06. The summed E-state index contributed by atoms with van der Waals surface area (Å²) in [4.78, 5) is 16.4. The molecular weight excluding hydrogens is 356 g/mol. The molecule has 3 rings (SSSR count). The number of anilines is 1. The SMILES string of the molecule is Cc1nonc1C(=O)Nc1nc(-c2ccc(Br)cc2)cs1. The second kappa shape index (κ2) is 5.74. The van der Waals surface area contributed by atoms with Crippen LogP contribution in [0.2, 0.25) is 0 Å². The molecule has 0 spiro atoms. The van der Waals surface area contributed by atoms with Crippen molar-refractivity contribution in [2.45, 2.75) is 6.92 Å². The molecule has 0 atom stereocenters. The Morgan fingerprint density at radius 3 is 2.71 bits per heavy atom. The lowest BCUT2D eigenvalue weighted by atomic mass is 10.2. The molecule has 3 aromatic rings. The number of nitrogens with zero attached hydrogens (tertiary/aromatic N) is 3.